The molecule has 0 spiro atoms. The third-order valence-electron chi connectivity index (χ3n) is 2.30. The van der Waals surface area contributed by atoms with Gasteiger partial charge in [0.25, 0.3) is 0 Å². The second kappa shape index (κ2) is 7.00. The highest BCUT2D eigenvalue weighted by Crippen LogP contribution is 2.10. The summed E-state index contributed by atoms with van der Waals surface area (Å²) in [6.07, 6.45) is 1.03. The predicted molar refractivity (Wildman–Crippen MR) is 73.5 cm³/mol. The summed E-state index contributed by atoms with van der Waals surface area (Å²) in [4.78, 5) is 0. The van der Waals surface area contributed by atoms with Gasteiger partial charge in [0.15, 0.2) is 0 Å². The number of benzene rings is 1. The average molecular weight is 256 g/mol. The van der Waals surface area contributed by atoms with E-state index >= 15 is 0 Å². The minimum absolute atomic E-state index is 0.191. The fourth-order valence-electron chi connectivity index (χ4n) is 1.41. The van der Waals surface area contributed by atoms with Crippen LogP contribution in [-0.4, -0.2) is 18.7 Å². The third kappa shape index (κ3) is 7.37. The lowest BCUT2D eigenvalue weighted by Gasteiger charge is -2.20. The average Bonchev–Trinajstić information content (AvgIpc) is 2.24. The monoisotopic (exact) mass is 255 g/mol. The van der Waals surface area contributed by atoms with E-state index in [0.717, 1.165) is 30.2 Å². The number of halogens is 1. The van der Waals surface area contributed by atoms with Crippen molar-refractivity contribution in [2.24, 2.45) is 0 Å². The van der Waals surface area contributed by atoms with E-state index in [1.165, 1.54) is 0 Å². The van der Waals surface area contributed by atoms with Gasteiger partial charge in [-0.05, 0) is 51.4 Å². The van der Waals surface area contributed by atoms with E-state index in [1.54, 1.807) is 0 Å². The molecule has 0 radical (unpaired) electrons. The summed E-state index contributed by atoms with van der Waals surface area (Å²) in [6.45, 7) is 8.94. The lowest BCUT2D eigenvalue weighted by Crippen LogP contribution is -2.36. The van der Waals surface area contributed by atoms with Gasteiger partial charge in [-0.25, -0.2) is 0 Å². The van der Waals surface area contributed by atoms with Crippen LogP contribution in [0.3, 0.4) is 0 Å². The Kier molecular flexibility index (Phi) is 5.96. The van der Waals surface area contributed by atoms with Crippen LogP contribution in [0.5, 0.6) is 0 Å². The quantitative estimate of drug-likeness (QED) is 0.784. The number of rotatable bonds is 6. The van der Waals surface area contributed by atoms with Gasteiger partial charge in [-0.3, -0.25) is 0 Å². The van der Waals surface area contributed by atoms with Gasteiger partial charge < -0.3 is 10.1 Å². The summed E-state index contributed by atoms with van der Waals surface area (Å²) in [7, 11) is 0. The van der Waals surface area contributed by atoms with Crippen molar-refractivity contribution in [2.75, 3.05) is 13.2 Å². The zero-order valence-corrected chi connectivity index (χ0v) is 11.7. The molecule has 1 aromatic carbocycles. The maximum absolute atomic E-state index is 5.81. The van der Waals surface area contributed by atoms with Gasteiger partial charge in [0.2, 0.25) is 0 Å². The molecule has 96 valence electrons. The van der Waals surface area contributed by atoms with Gasteiger partial charge in [0.05, 0.1) is 6.61 Å². The molecule has 0 aliphatic heterocycles. The van der Waals surface area contributed by atoms with E-state index in [0.29, 0.717) is 6.61 Å². The first-order valence-electron chi connectivity index (χ1n) is 6.04. The first-order chi connectivity index (χ1) is 7.97. The first-order valence-corrected chi connectivity index (χ1v) is 6.42. The van der Waals surface area contributed by atoms with E-state index < -0.39 is 0 Å². The molecule has 0 saturated heterocycles. The van der Waals surface area contributed by atoms with Gasteiger partial charge in [-0.1, -0.05) is 23.7 Å². The molecule has 0 unspecified atom stereocenters. The fourth-order valence-corrected chi connectivity index (χ4v) is 1.53. The molecule has 0 atom stereocenters. The SMILES string of the molecule is CC(C)(C)NCCCOCc1ccc(Cl)cc1. The zero-order chi connectivity index (χ0) is 12.7. The highest BCUT2D eigenvalue weighted by Gasteiger charge is 2.06. The Hall–Kier alpha value is -0.570. The van der Waals surface area contributed by atoms with Crippen LogP contribution < -0.4 is 5.32 Å². The summed E-state index contributed by atoms with van der Waals surface area (Å²) in [5.74, 6) is 0. The molecule has 0 bridgehead atoms. The van der Waals surface area contributed by atoms with Crippen molar-refractivity contribution in [3.8, 4) is 0 Å². The van der Waals surface area contributed by atoms with E-state index in [2.05, 4.69) is 26.1 Å². The normalized spacial score (nSPS) is 11.8. The molecule has 0 amide bonds. The summed E-state index contributed by atoms with van der Waals surface area (Å²) in [5, 5.41) is 4.20. The van der Waals surface area contributed by atoms with E-state index in [4.69, 9.17) is 16.3 Å². The second-order valence-corrected chi connectivity index (χ2v) is 5.65. The van der Waals surface area contributed by atoms with Crippen LogP contribution in [0.15, 0.2) is 24.3 Å². The van der Waals surface area contributed by atoms with Gasteiger partial charge in [-0.2, -0.15) is 0 Å². The number of nitrogens with one attached hydrogen (secondary N) is 1. The second-order valence-electron chi connectivity index (χ2n) is 5.21. The molecule has 0 fully saturated rings. The highest BCUT2D eigenvalue weighted by molar-refractivity contribution is 6.30. The summed E-state index contributed by atoms with van der Waals surface area (Å²) >= 11 is 5.81. The third-order valence-corrected chi connectivity index (χ3v) is 2.55. The fraction of sp³-hybridized carbons (Fsp3) is 0.571. The number of hydrogen-bond acceptors (Lipinski definition) is 2. The van der Waals surface area contributed by atoms with Gasteiger partial charge >= 0.3 is 0 Å². The molecular weight excluding hydrogens is 234 g/mol. The lowest BCUT2D eigenvalue weighted by molar-refractivity contribution is 0.117. The van der Waals surface area contributed by atoms with Crippen molar-refractivity contribution >= 4 is 11.6 Å². The molecular formula is C14H22ClNO. The molecule has 2 nitrogen and oxygen atoms in total. The maximum Gasteiger partial charge on any atom is 0.0716 e. The molecule has 3 heteroatoms. The Morgan fingerprint density at radius 1 is 1.18 bits per heavy atom. The minimum Gasteiger partial charge on any atom is -0.377 e. The van der Waals surface area contributed by atoms with Crippen LogP contribution in [0.4, 0.5) is 0 Å². The molecule has 0 aliphatic rings. The molecule has 17 heavy (non-hydrogen) atoms. The molecule has 0 aliphatic carbocycles. The Balaban J connectivity index is 2.07. The van der Waals surface area contributed by atoms with Crippen LogP contribution in [-0.2, 0) is 11.3 Å². The van der Waals surface area contributed by atoms with Crippen molar-refractivity contribution in [2.45, 2.75) is 39.3 Å². The topological polar surface area (TPSA) is 21.3 Å². The molecule has 0 saturated carbocycles. The maximum atomic E-state index is 5.81. The van der Waals surface area contributed by atoms with Crippen molar-refractivity contribution < 1.29 is 4.74 Å². The molecule has 0 heterocycles. The Bertz CT molecular complexity index is 316. The Morgan fingerprint density at radius 2 is 1.82 bits per heavy atom. The van der Waals surface area contributed by atoms with Crippen molar-refractivity contribution in [3.63, 3.8) is 0 Å². The molecule has 1 N–H and O–H groups in total. The smallest absolute Gasteiger partial charge is 0.0716 e. The minimum atomic E-state index is 0.191. The van der Waals surface area contributed by atoms with Gasteiger partial charge in [0, 0.05) is 17.2 Å². The van der Waals surface area contributed by atoms with Crippen LogP contribution in [0, 0.1) is 0 Å². The van der Waals surface area contributed by atoms with Crippen LogP contribution in [0.1, 0.15) is 32.8 Å². The van der Waals surface area contributed by atoms with Gasteiger partial charge in [0.1, 0.15) is 0 Å². The Morgan fingerprint density at radius 3 is 2.41 bits per heavy atom. The summed E-state index contributed by atoms with van der Waals surface area (Å²) < 4.78 is 5.59. The molecule has 1 rings (SSSR count). The highest BCUT2D eigenvalue weighted by atomic mass is 35.5. The van der Waals surface area contributed by atoms with Crippen LogP contribution in [0.2, 0.25) is 5.02 Å². The largest absolute Gasteiger partial charge is 0.377 e. The van der Waals surface area contributed by atoms with Crippen molar-refractivity contribution in [1.82, 2.24) is 5.32 Å². The predicted octanol–water partition coefficient (Wildman–Crippen LogP) is 3.63. The number of hydrogen-bond donors (Lipinski definition) is 1. The van der Waals surface area contributed by atoms with Crippen molar-refractivity contribution in [3.05, 3.63) is 34.9 Å². The number of ether oxygens (including phenoxy) is 1. The molecule has 1 aromatic rings. The summed E-state index contributed by atoms with van der Waals surface area (Å²) in [6, 6.07) is 7.77. The zero-order valence-electron chi connectivity index (χ0n) is 10.9. The van der Waals surface area contributed by atoms with Gasteiger partial charge in [-0.15, -0.1) is 0 Å². The summed E-state index contributed by atoms with van der Waals surface area (Å²) in [5.41, 5.74) is 1.36. The van der Waals surface area contributed by atoms with Crippen LogP contribution >= 0.6 is 11.6 Å². The van der Waals surface area contributed by atoms with Crippen molar-refractivity contribution in [1.29, 1.82) is 0 Å². The van der Waals surface area contributed by atoms with E-state index in [9.17, 15) is 0 Å². The van der Waals surface area contributed by atoms with E-state index in [1.807, 2.05) is 24.3 Å². The Labute approximate surface area is 109 Å². The van der Waals surface area contributed by atoms with Crippen LogP contribution in [0.25, 0.3) is 0 Å². The first kappa shape index (κ1) is 14.5. The van der Waals surface area contributed by atoms with E-state index in [-0.39, 0.29) is 5.54 Å². The lowest BCUT2D eigenvalue weighted by atomic mass is 10.1. The molecule has 0 aromatic heterocycles. The standard InChI is InChI=1S/C14H22ClNO/c1-14(2,3)16-9-4-10-17-11-12-5-7-13(15)8-6-12/h5-8,16H,4,9-11H2,1-3H3.